The van der Waals surface area contributed by atoms with Gasteiger partial charge in [0, 0.05) is 6.42 Å². The van der Waals surface area contributed by atoms with Gasteiger partial charge in [-0.2, -0.15) is 0 Å². The Hall–Kier alpha value is -2.04. The van der Waals surface area contributed by atoms with E-state index >= 15 is 0 Å². The summed E-state index contributed by atoms with van der Waals surface area (Å²) in [6, 6.07) is 2.73. The summed E-state index contributed by atoms with van der Waals surface area (Å²) in [7, 11) is 0. The summed E-state index contributed by atoms with van der Waals surface area (Å²) >= 11 is 0. The topological polar surface area (TPSA) is 86.7 Å². The van der Waals surface area contributed by atoms with Crippen LogP contribution in [0.4, 0.5) is 0 Å². The normalized spacial score (nSPS) is 18.8. The smallest absolute Gasteiger partial charge is 0.338 e. The van der Waals surface area contributed by atoms with Crippen molar-refractivity contribution >= 4 is 11.9 Å². The highest BCUT2D eigenvalue weighted by Gasteiger charge is 2.25. The number of rotatable bonds is 1. The van der Waals surface area contributed by atoms with Crippen molar-refractivity contribution in [3.8, 4) is 5.75 Å². The van der Waals surface area contributed by atoms with Crippen molar-refractivity contribution in [1.82, 2.24) is 0 Å². The molecule has 0 radical (unpaired) electrons. The molecule has 1 aliphatic heterocycles. The fourth-order valence-electron chi connectivity index (χ4n) is 1.78. The summed E-state index contributed by atoms with van der Waals surface area (Å²) in [6.45, 7) is 1.72. The van der Waals surface area contributed by atoms with E-state index < -0.39 is 23.3 Å². The van der Waals surface area contributed by atoms with Gasteiger partial charge >= 0.3 is 11.9 Å². The highest BCUT2D eigenvalue weighted by Crippen LogP contribution is 2.29. The Kier molecular flexibility index (Phi) is 2.30. The van der Waals surface area contributed by atoms with Crippen LogP contribution in [0.5, 0.6) is 5.75 Å². The number of aromatic carboxylic acids is 1. The number of hydrogen-bond donors (Lipinski definition) is 1. The van der Waals surface area contributed by atoms with Crippen LogP contribution in [0, 0.1) is 0 Å². The van der Waals surface area contributed by atoms with Gasteiger partial charge in [-0.05, 0) is 18.6 Å². The molecule has 1 aromatic carbocycles. The summed E-state index contributed by atoms with van der Waals surface area (Å²) in [5.74, 6) is -2.83. The summed E-state index contributed by atoms with van der Waals surface area (Å²) in [5.41, 5.74) is 0.0157. The lowest BCUT2D eigenvalue weighted by Gasteiger charge is -2.26. The number of cyclic esters (lactones) is 1. The van der Waals surface area contributed by atoms with Gasteiger partial charge in [-0.1, -0.05) is 11.8 Å². The molecule has 0 saturated carbocycles. The highest BCUT2D eigenvalue weighted by atomic mass is 16.5. The molecule has 0 spiro atoms. The average molecular weight is 221 g/mol. The van der Waals surface area contributed by atoms with Crippen molar-refractivity contribution in [1.29, 1.82) is 0 Å². The van der Waals surface area contributed by atoms with Crippen LogP contribution < -0.4 is 5.11 Å². The molecule has 0 saturated heterocycles. The second-order valence-corrected chi connectivity index (χ2v) is 3.70. The predicted octanol–water partition coefficient (Wildman–Crippen LogP) is 0.560. The largest absolute Gasteiger partial charge is 0.871 e. The van der Waals surface area contributed by atoms with Crippen molar-refractivity contribution in [2.45, 2.75) is 19.4 Å². The molecule has 0 amide bonds. The molecule has 2 rings (SSSR count). The maximum Gasteiger partial charge on any atom is 0.338 e. The first kappa shape index (κ1) is 10.5. The first-order valence-corrected chi connectivity index (χ1v) is 4.78. The van der Waals surface area contributed by atoms with Crippen LogP contribution in [0.15, 0.2) is 12.1 Å². The number of ether oxygens (including phenoxy) is 1. The maximum absolute atomic E-state index is 11.7. The lowest BCUT2D eigenvalue weighted by molar-refractivity contribution is -0.269. The van der Waals surface area contributed by atoms with Crippen LogP contribution >= 0.6 is 0 Å². The number of fused-ring (bicyclic) bond motifs is 1. The van der Waals surface area contributed by atoms with Gasteiger partial charge < -0.3 is 14.9 Å². The molecule has 1 unspecified atom stereocenters. The number of carboxylic acid groups (broad SMARTS) is 1. The van der Waals surface area contributed by atoms with Gasteiger partial charge in [0.05, 0.1) is 11.1 Å². The van der Waals surface area contributed by atoms with Crippen molar-refractivity contribution in [3.05, 3.63) is 28.8 Å². The Morgan fingerprint density at radius 2 is 2.25 bits per heavy atom. The third kappa shape index (κ3) is 1.50. The van der Waals surface area contributed by atoms with Gasteiger partial charge in [0.2, 0.25) is 0 Å². The summed E-state index contributed by atoms with van der Waals surface area (Å²) in [4.78, 5) is 22.2. The molecule has 1 N–H and O–H groups in total. The van der Waals surface area contributed by atoms with Gasteiger partial charge in [-0.3, -0.25) is 0 Å². The first-order valence-electron chi connectivity index (χ1n) is 4.78. The number of hydrogen-bond acceptors (Lipinski definition) is 4. The zero-order chi connectivity index (χ0) is 11.9. The van der Waals surface area contributed by atoms with Crippen LogP contribution in [-0.4, -0.2) is 23.1 Å². The third-order valence-electron chi connectivity index (χ3n) is 2.49. The van der Waals surface area contributed by atoms with E-state index in [2.05, 4.69) is 0 Å². The van der Waals surface area contributed by atoms with Crippen LogP contribution in [0.3, 0.4) is 0 Å². The van der Waals surface area contributed by atoms with Gasteiger partial charge in [-0.15, -0.1) is 0 Å². The van der Waals surface area contributed by atoms with Crippen LogP contribution in [0.25, 0.3) is 0 Å². The Labute approximate surface area is 91.3 Å². The van der Waals surface area contributed by atoms with Crippen molar-refractivity contribution in [2.24, 2.45) is 0 Å². The fourth-order valence-corrected chi connectivity index (χ4v) is 1.78. The third-order valence-corrected chi connectivity index (χ3v) is 2.49. The van der Waals surface area contributed by atoms with Crippen molar-refractivity contribution in [3.63, 3.8) is 0 Å². The standard InChI is InChI=1S/C11H10O5/c1-5-4-6-2-3-7(10(13)14)9(12)8(6)11(15)16-5/h2-3,5,12H,4H2,1H3,(H,13,14)/p-1. The molecule has 1 atom stereocenters. The van der Waals surface area contributed by atoms with Gasteiger partial charge in [0.1, 0.15) is 6.10 Å². The molecule has 1 aliphatic rings. The van der Waals surface area contributed by atoms with Gasteiger partial charge in [-0.25, -0.2) is 9.59 Å². The first-order chi connectivity index (χ1) is 7.50. The summed E-state index contributed by atoms with van der Waals surface area (Å²) < 4.78 is 4.90. The molecule has 5 heteroatoms. The molecule has 1 aromatic rings. The molecule has 0 fully saturated rings. The Bertz CT molecular complexity index is 478. The van der Waals surface area contributed by atoms with E-state index in [1.807, 2.05) is 0 Å². The number of carboxylic acids is 1. The van der Waals surface area contributed by atoms with E-state index in [1.54, 1.807) is 6.92 Å². The molecule has 0 aromatic heterocycles. The van der Waals surface area contributed by atoms with Crippen molar-refractivity contribution < 1.29 is 24.5 Å². The van der Waals surface area contributed by atoms with Crippen LogP contribution in [0.1, 0.15) is 33.2 Å². The van der Waals surface area contributed by atoms with E-state index in [0.29, 0.717) is 12.0 Å². The zero-order valence-corrected chi connectivity index (χ0v) is 8.52. The Morgan fingerprint density at radius 3 is 2.88 bits per heavy atom. The second kappa shape index (κ2) is 3.52. The van der Waals surface area contributed by atoms with E-state index in [-0.39, 0.29) is 11.7 Å². The minimum Gasteiger partial charge on any atom is -0.871 e. The lowest BCUT2D eigenvalue weighted by Crippen LogP contribution is -2.27. The lowest BCUT2D eigenvalue weighted by atomic mass is 9.96. The average Bonchev–Trinajstić information content (AvgIpc) is 2.15. The Balaban J connectivity index is 2.61. The highest BCUT2D eigenvalue weighted by molar-refractivity contribution is 6.00. The SMILES string of the molecule is CC1Cc2ccc(C(=O)O)c([O-])c2C(=O)O1. The molecular formula is C11H9O5-. The number of carbonyl (C=O) groups excluding carboxylic acids is 1. The van der Waals surface area contributed by atoms with E-state index in [9.17, 15) is 14.7 Å². The fraction of sp³-hybridized carbons (Fsp3) is 0.273. The quantitative estimate of drug-likeness (QED) is 0.700. The molecule has 1 heterocycles. The van der Waals surface area contributed by atoms with E-state index in [0.717, 1.165) is 0 Å². The maximum atomic E-state index is 11.7. The molecule has 84 valence electrons. The van der Waals surface area contributed by atoms with E-state index in [1.165, 1.54) is 12.1 Å². The predicted molar refractivity (Wildman–Crippen MR) is 51.4 cm³/mol. The molecule has 16 heavy (non-hydrogen) atoms. The van der Waals surface area contributed by atoms with Crippen LogP contribution in [-0.2, 0) is 11.2 Å². The zero-order valence-electron chi connectivity index (χ0n) is 8.52. The molecule has 0 aliphatic carbocycles. The molecule has 0 bridgehead atoms. The molecular weight excluding hydrogens is 212 g/mol. The summed E-state index contributed by atoms with van der Waals surface area (Å²) in [6.07, 6.45) is 0.158. The number of carbonyl (C=O) groups is 2. The number of esters is 1. The monoisotopic (exact) mass is 221 g/mol. The van der Waals surface area contributed by atoms with E-state index in [4.69, 9.17) is 9.84 Å². The number of benzene rings is 1. The van der Waals surface area contributed by atoms with Crippen LogP contribution in [0.2, 0.25) is 0 Å². The van der Waals surface area contributed by atoms with Gasteiger partial charge in [0.25, 0.3) is 0 Å². The second-order valence-electron chi connectivity index (χ2n) is 3.70. The minimum atomic E-state index is -1.33. The molecule has 5 nitrogen and oxygen atoms in total. The summed E-state index contributed by atoms with van der Waals surface area (Å²) in [5, 5.41) is 20.4. The Morgan fingerprint density at radius 1 is 1.56 bits per heavy atom. The minimum absolute atomic E-state index is 0.141. The van der Waals surface area contributed by atoms with Gasteiger partial charge in [0.15, 0.2) is 0 Å². The van der Waals surface area contributed by atoms with Crippen molar-refractivity contribution in [2.75, 3.05) is 0 Å².